The minimum Gasteiger partial charge on any atom is -0.345 e. The molecule has 25 heavy (non-hydrogen) atoms. The van der Waals surface area contributed by atoms with Crippen molar-refractivity contribution in [2.45, 2.75) is 51.6 Å². The first kappa shape index (κ1) is 17.7. The van der Waals surface area contributed by atoms with Crippen molar-refractivity contribution in [1.82, 2.24) is 20.4 Å². The molecule has 1 fully saturated rings. The number of carbonyl (C=O) groups excluding carboxylic acids is 1. The second kappa shape index (κ2) is 7.40. The quantitative estimate of drug-likeness (QED) is 0.880. The molecule has 5 heteroatoms. The van der Waals surface area contributed by atoms with Crippen molar-refractivity contribution < 1.29 is 4.79 Å². The van der Waals surface area contributed by atoms with Gasteiger partial charge in [-0.2, -0.15) is 5.10 Å². The van der Waals surface area contributed by atoms with Crippen molar-refractivity contribution in [1.29, 1.82) is 0 Å². The third-order valence-corrected chi connectivity index (χ3v) is 4.83. The zero-order valence-corrected chi connectivity index (χ0v) is 15.4. The Balaban J connectivity index is 1.65. The Bertz CT molecular complexity index is 729. The molecular formula is C20H28N4O. The van der Waals surface area contributed by atoms with Crippen LogP contribution in [-0.2, 0) is 6.42 Å². The number of rotatable bonds is 5. The van der Waals surface area contributed by atoms with E-state index in [0.717, 1.165) is 32.4 Å². The van der Waals surface area contributed by atoms with E-state index in [2.05, 4.69) is 48.6 Å². The molecule has 134 valence electrons. The molecule has 0 aliphatic carbocycles. The van der Waals surface area contributed by atoms with Crippen LogP contribution in [0.1, 0.15) is 54.3 Å². The number of nitrogens with one attached hydrogen (secondary N) is 2. The summed E-state index contributed by atoms with van der Waals surface area (Å²) in [5.41, 5.74) is 2.66. The van der Waals surface area contributed by atoms with Gasteiger partial charge in [-0.1, -0.05) is 24.3 Å². The van der Waals surface area contributed by atoms with Crippen LogP contribution in [0.15, 0.2) is 36.5 Å². The number of aryl methyl sites for hydroxylation is 1. The van der Waals surface area contributed by atoms with Crippen molar-refractivity contribution in [3.05, 3.63) is 53.3 Å². The van der Waals surface area contributed by atoms with Gasteiger partial charge < -0.3 is 10.6 Å². The van der Waals surface area contributed by atoms with Gasteiger partial charge in [0.15, 0.2) is 0 Å². The summed E-state index contributed by atoms with van der Waals surface area (Å²) in [6.07, 6.45) is 4.96. The fourth-order valence-corrected chi connectivity index (χ4v) is 3.42. The molecule has 1 aromatic heterocycles. The van der Waals surface area contributed by atoms with Gasteiger partial charge in [0, 0.05) is 18.3 Å². The fourth-order valence-electron chi connectivity index (χ4n) is 3.42. The molecule has 1 aliphatic rings. The van der Waals surface area contributed by atoms with E-state index in [0.29, 0.717) is 11.7 Å². The lowest BCUT2D eigenvalue weighted by atomic mass is 9.92. The van der Waals surface area contributed by atoms with E-state index in [-0.39, 0.29) is 11.4 Å². The highest BCUT2D eigenvalue weighted by Gasteiger charge is 2.24. The van der Waals surface area contributed by atoms with E-state index >= 15 is 0 Å². The van der Waals surface area contributed by atoms with Crippen LogP contribution in [0.5, 0.6) is 0 Å². The Morgan fingerprint density at radius 2 is 2.16 bits per heavy atom. The molecular weight excluding hydrogens is 312 g/mol. The number of aromatic nitrogens is 2. The van der Waals surface area contributed by atoms with Gasteiger partial charge in [0.2, 0.25) is 0 Å². The van der Waals surface area contributed by atoms with Crippen molar-refractivity contribution in [3.63, 3.8) is 0 Å². The molecule has 1 aliphatic heterocycles. The van der Waals surface area contributed by atoms with Crippen molar-refractivity contribution in [2.75, 3.05) is 13.1 Å². The average molecular weight is 340 g/mol. The summed E-state index contributed by atoms with van der Waals surface area (Å²) in [6, 6.07) is 10.5. The number of benzene rings is 1. The van der Waals surface area contributed by atoms with Crippen LogP contribution in [0.25, 0.3) is 0 Å². The maximum atomic E-state index is 12.6. The van der Waals surface area contributed by atoms with Gasteiger partial charge in [-0.15, -0.1) is 0 Å². The average Bonchev–Trinajstić information content (AvgIpc) is 3.07. The molecule has 1 saturated heterocycles. The molecule has 2 aromatic rings. The van der Waals surface area contributed by atoms with Crippen molar-refractivity contribution >= 4 is 5.91 Å². The van der Waals surface area contributed by atoms with E-state index < -0.39 is 0 Å². The molecule has 3 rings (SSSR count). The van der Waals surface area contributed by atoms with Crippen LogP contribution in [0.3, 0.4) is 0 Å². The molecule has 1 amide bonds. The van der Waals surface area contributed by atoms with Gasteiger partial charge in [-0.05, 0) is 63.8 Å². The van der Waals surface area contributed by atoms with Gasteiger partial charge in [0.05, 0.1) is 6.04 Å². The highest BCUT2D eigenvalue weighted by Crippen LogP contribution is 2.18. The summed E-state index contributed by atoms with van der Waals surface area (Å²) < 4.78 is 1.93. The van der Waals surface area contributed by atoms with Crippen molar-refractivity contribution in [3.8, 4) is 0 Å². The molecule has 0 spiro atoms. The summed E-state index contributed by atoms with van der Waals surface area (Å²) in [5.74, 6) is -0.110. The summed E-state index contributed by atoms with van der Waals surface area (Å²) >= 11 is 0. The highest BCUT2D eigenvalue weighted by atomic mass is 16.2. The predicted octanol–water partition coefficient (Wildman–Crippen LogP) is 2.87. The minimum atomic E-state index is -0.334. The molecule has 5 nitrogen and oxygen atoms in total. The van der Waals surface area contributed by atoms with Crippen LogP contribution < -0.4 is 10.6 Å². The van der Waals surface area contributed by atoms with Gasteiger partial charge in [-0.3, -0.25) is 9.48 Å². The number of carbonyl (C=O) groups is 1. The summed E-state index contributed by atoms with van der Waals surface area (Å²) in [4.78, 5) is 12.6. The summed E-state index contributed by atoms with van der Waals surface area (Å²) in [7, 11) is 0. The second-order valence-corrected chi connectivity index (χ2v) is 7.62. The topological polar surface area (TPSA) is 59.0 Å². The second-order valence-electron chi connectivity index (χ2n) is 7.62. The van der Waals surface area contributed by atoms with Gasteiger partial charge >= 0.3 is 0 Å². The first-order chi connectivity index (χ1) is 11.9. The van der Waals surface area contributed by atoms with Gasteiger partial charge in [0.25, 0.3) is 5.91 Å². The molecule has 0 saturated carbocycles. The first-order valence-corrected chi connectivity index (χ1v) is 9.07. The van der Waals surface area contributed by atoms with Crippen LogP contribution in [-0.4, -0.2) is 34.3 Å². The molecule has 2 heterocycles. The van der Waals surface area contributed by atoms with E-state index in [1.165, 1.54) is 11.1 Å². The molecule has 1 unspecified atom stereocenters. The molecule has 2 N–H and O–H groups in total. The molecule has 1 atom stereocenters. The number of piperidine rings is 1. The zero-order valence-electron chi connectivity index (χ0n) is 15.4. The summed E-state index contributed by atoms with van der Waals surface area (Å²) in [6.45, 7) is 8.20. The van der Waals surface area contributed by atoms with Gasteiger partial charge in [-0.25, -0.2) is 0 Å². The maximum absolute atomic E-state index is 12.6. The number of hydrogen-bond acceptors (Lipinski definition) is 3. The number of hydrogen-bond donors (Lipinski definition) is 2. The smallest absolute Gasteiger partial charge is 0.272 e. The zero-order chi connectivity index (χ0) is 17.9. The third-order valence-electron chi connectivity index (χ3n) is 4.83. The Hall–Kier alpha value is -2.14. The van der Waals surface area contributed by atoms with Crippen molar-refractivity contribution in [2.24, 2.45) is 0 Å². The maximum Gasteiger partial charge on any atom is 0.272 e. The number of amides is 1. The Kier molecular flexibility index (Phi) is 5.23. The predicted molar refractivity (Wildman–Crippen MR) is 99.8 cm³/mol. The largest absolute Gasteiger partial charge is 0.345 e. The molecule has 0 radical (unpaired) electrons. The Morgan fingerprint density at radius 3 is 2.88 bits per heavy atom. The standard InChI is InChI=1S/C20H28N4O/c1-15-7-4-5-8-16(15)13-20(2,3)22-19(25)18-10-12-24(23-18)17-9-6-11-21-14-17/h4-5,7-8,10,12,17,21H,6,9,11,13-14H2,1-3H3,(H,22,25). The fraction of sp³-hybridized carbons (Fsp3) is 0.500. The minimum absolute atomic E-state index is 0.110. The first-order valence-electron chi connectivity index (χ1n) is 9.07. The molecule has 0 bridgehead atoms. The monoisotopic (exact) mass is 340 g/mol. The lowest BCUT2D eigenvalue weighted by molar-refractivity contribution is 0.0906. The van der Waals surface area contributed by atoms with E-state index in [9.17, 15) is 4.79 Å². The number of nitrogens with zero attached hydrogens (tertiary/aromatic N) is 2. The van der Waals surface area contributed by atoms with Gasteiger partial charge in [0.1, 0.15) is 5.69 Å². The van der Waals surface area contributed by atoms with Crippen LogP contribution >= 0.6 is 0 Å². The van der Waals surface area contributed by atoms with E-state index in [4.69, 9.17) is 0 Å². The normalized spacial score (nSPS) is 18.1. The van der Waals surface area contributed by atoms with Crippen LogP contribution in [0.2, 0.25) is 0 Å². The van der Waals surface area contributed by atoms with Crippen LogP contribution in [0.4, 0.5) is 0 Å². The lowest BCUT2D eigenvalue weighted by Crippen LogP contribution is -2.45. The van der Waals surface area contributed by atoms with Crippen LogP contribution in [0, 0.1) is 6.92 Å². The van der Waals surface area contributed by atoms with E-state index in [1.807, 2.05) is 29.1 Å². The Morgan fingerprint density at radius 1 is 1.36 bits per heavy atom. The van der Waals surface area contributed by atoms with E-state index in [1.54, 1.807) is 0 Å². The SMILES string of the molecule is Cc1ccccc1CC(C)(C)NC(=O)c1ccn(C2CCCNC2)n1. The lowest BCUT2D eigenvalue weighted by Gasteiger charge is -2.27. The highest BCUT2D eigenvalue weighted by molar-refractivity contribution is 5.92. The third kappa shape index (κ3) is 4.48. The molecule has 1 aromatic carbocycles. The summed E-state index contributed by atoms with van der Waals surface area (Å²) in [5, 5.41) is 11.0. The Labute approximate surface area is 149 Å².